The summed E-state index contributed by atoms with van der Waals surface area (Å²) in [6, 6.07) is 19.4. The molecule has 64 heavy (non-hydrogen) atoms. The first-order valence-electron chi connectivity index (χ1n) is 23.3. The zero-order valence-corrected chi connectivity index (χ0v) is 39.2. The number of fused-ring (bicyclic) bond motifs is 4. The fraction of sp³-hybridized carbons (Fsp3) is 0.370. The summed E-state index contributed by atoms with van der Waals surface area (Å²) in [7, 11) is 0. The van der Waals surface area contributed by atoms with E-state index < -0.39 is 0 Å². The molecule has 10 rings (SSSR count). The lowest BCUT2D eigenvalue weighted by Gasteiger charge is -2.35. The van der Waals surface area contributed by atoms with E-state index in [2.05, 4.69) is 106 Å². The highest BCUT2D eigenvalue weighted by Crippen LogP contribution is 2.46. The fourth-order valence-corrected chi connectivity index (χ4v) is 10.6. The largest absolute Gasteiger partial charge is 0.663 e. The Morgan fingerprint density at radius 1 is 0.750 bits per heavy atom. The maximum atomic E-state index is 6.52. The van der Waals surface area contributed by atoms with Gasteiger partial charge in [0, 0.05) is 76.8 Å². The van der Waals surface area contributed by atoms with Crippen molar-refractivity contribution in [1.29, 1.82) is 0 Å². The number of hydrogen-bond donors (Lipinski definition) is 2. The van der Waals surface area contributed by atoms with E-state index in [-0.39, 0.29) is 0 Å². The fourth-order valence-electron chi connectivity index (χ4n) is 10.2. The van der Waals surface area contributed by atoms with Gasteiger partial charge in [-0.25, -0.2) is 15.0 Å². The van der Waals surface area contributed by atoms with Gasteiger partial charge in [0.1, 0.15) is 10.5 Å². The molecule has 0 atom stereocenters. The minimum atomic E-state index is 0.508. The molecule has 1 aliphatic carbocycles. The van der Waals surface area contributed by atoms with Gasteiger partial charge in [0.25, 0.3) is 0 Å². The van der Waals surface area contributed by atoms with Crippen molar-refractivity contribution in [3.05, 3.63) is 170 Å². The molecule has 2 fully saturated rings. The first-order valence-corrected chi connectivity index (χ1v) is 24.0. The number of imidazole rings is 2. The average Bonchev–Trinajstić information content (AvgIpc) is 3.71. The predicted octanol–water partition coefficient (Wildman–Crippen LogP) is 12.8. The number of halogens is 2. The number of aromatic nitrogens is 5. The van der Waals surface area contributed by atoms with Crippen molar-refractivity contribution in [1.82, 2.24) is 34.7 Å². The Hall–Kier alpha value is -5.12. The Labute approximate surface area is 388 Å². The number of nitrogens with zero attached hydrogens (tertiary/aromatic N) is 6. The molecule has 10 heteroatoms. The molecule has 0 saturated carbocycles. The van der Waals surface area contributed by atoms with Gasteiger partial charge in [-0.2, -0.15) is 6.20 Å². The summed E-state index contributed by atoms with van der Waals surface area (Å²) in [6.45, 7) is 14.6. The number of nitrogens with one attached hydrogen (secondary N) is 2. The van der Waals surface area contributed by atoms with Crippen LogP contribution in [0.1, 0.15) is 95.9 Å². The summed E-state index contributed by atoms with van der Waals surface area (Å²) in [5.41, 5.74) is 16.2. The van der Waals surface area contributed by atoms with Gasteiger partial charge < -0.3 is 25.1 Å². The van der Waals surface area contributed by atoms with E-state index >= 15 is 0 Å². The van der Waals surface area contributed by atoms with Gasteiger partial charge in [0.05, 0.1) is 40.4 Å². The van der Waals surface area contributed by atoms with Gasteiger partial charge in [-0.1, -0.05) is 41.5 Å². The van der Waals surface area contributed by atoms with E-state index in [0.717, 1.165) is 123 Å². The SMILES string of the molecule is Cc1ncn(CCCC2=CC3=CC=C[N-]C3=C(C3CCNCC3)c3ccc(Cl)cc32)c1C.Cc1ncn(CCCc2cc3cccnc3c(C3CCNCC3)c3ccc(Cl)c[c+]23)c1C. The molecule has 6 aromatic rings. The van der Waals surface area contributed by atoms with Crippen molar-refractivity contribution in [3.8, 4) is 0 Å². The van der Waals surface area contributed by atoms with Crippen LogP contribution in [0.15, 0.2) is 109 Å². The number of pyridine rings is 1. The van der Waals surface area contributed by atoms with Crippen LogP contribution in [0.3, 0.4) is 0 Å². The molecule has 0 unspecified atom stereocenters. The van der Waals surface area contributed by atoms with Crippen molar-refractivity contribution in [3.63, 3.8) is 0 Å². The summed E-state index contributed by atoms with van der Waals surface area (Å²) >= 11 is 13.0. The maximum Gasteiger partial charge on any atom is 0.115 e. The van der Waals surface area contributed by atoms with Crippen LogP contribution < -0.4 is 10.6 Å². The van der Waals surface area contributed by atoms with Crippen molar-refractivity contribution in [2.45, 2.75) is 98.1 Å². The molecular weight excluding hydrogens is 832 g/mol. The number of aryl methyl sites for hydroxylation is 5. The molecule has 330 valence electrons. The smallest absolute Gasteiger partial charge is 0.115 e. The molecule has 4 aliphatic rings. The number of rotatable bonds is 10. The van der Waals surface area contributed by atoms with E-state index in [1.807, 2.05) is 49.3 Å². The minimum Gasteiger partial charge on any atom is -0.663 e. The van der Waals surface area contributed by atoms with E-state index in [9.17, 15) is 0 Å². The predicted molar refractivity (Wildman–Crippen MR) is 267 cm³/mol. The van der Waals surface area contributed by atoms with Crippen LogP contribution in [-0.4, -0.2) is 50.3 Å². The monoisotopic (exact) mass is 890 g/mol. The van der Waals surface area contributed by atoms with Crippen molar-refractivity contribution < 1.29 is 0 Å². The highest BCUT2D eigenvalue weighted by atomic mass is 35.5. The highest BCUT2D eigenvalue weighted by Gasteiger charge is 2.27. The van der Waals surface area contributed by atoms with Crippen molar-refractivity contribution >= 4 is 56.0 Å². The standard InChI is InChI=1S/2C27H30ClN4/c2*1-18-19(2)32(17-31-18)14-4-6-21-15-22-5-3-11-30-27(22)26(20-9-12-29-13-10-20)24-8-7-23(28)16-25(21)24/h2*3,5,7-8,11,15-17,20,29H,4,6,9-10,12-14H2,1-2H3/q-1;+1. The third-order valence-electron chi connectivity index (χ3n) is 14.0. The van der Waals surface area contributed by atoms with Gasteiger partial charge in [0.15, 0.2) is 0 Å². The molecule has 0 bridgehead atoms. The zero-order valence-electron chi connectivity index (χ0n) is 37.7. The first-order chi connectivity index (χ1) is 31.2. The van der Waals surface area contributed by atoms with E-state index in [0.29, 0.717) is 11.8 Å². The van der Waals surface area contributed by atoms with E-state index in [1.165, 1.54) is 66.5 Å². The first kappa shape index (κ1) is 44.1. The van der Waals surface area contributed by atoms with Gasteiger partial charge >= 0.3 is 0 Å². The average molecular weight is 892 g/mol. The van der Waals surface area contributed by atoms with Crippen molar-refractivity contribution in [2.24, 2.45) is 5.92 Å². The molecule has 3 aromatic heterocycles. The molecule has 3 aliphatic heterocycles. The Bertz CT molecular complexity index is 2800. The molecule has 0 spiro atoms. The summed E-state index contributed by atoms with van der Waals surface area (Å²) < 4.78 is 4.52. The van der Waals surface area contributed by atoms with Crippen LogP contribution in [0.5, 0.6) is 0 Å². The summed E-state index contributed by atoms with van der Waals surface area (Å²) in [6.07, 6.45) is 23.0. The second kappa shape index (κ2) is 20.0. The quantitative estimate of drug-likeness (QED) is 0.134. The van der Waals surface area contributed by atoms with Crippen LogP contribution >= 0.6 is 23.2 Å². The highest BCUT2D eigenvalue weighted by molar-refractivity contribution is 6.31. The number of benzene rings is 2. The molecule has 3 aromatic carbocycles. The van der Waals surface area contributed by atoms with Crippen LogP contribution in [0.2, 0.25) is 10.0 Å². The second-order valence-corrected chi connectivity index (χ2v) is 18.8. The lowest BCUT2D eigenvalue weighted by molar-refractivity contribution is 0.446. The number of piperidine rings is 2. The molecule has 0 amide bonds. The normalized spacial score (nSPS) is 16.7. The molecule has 2 saturated heterocycles. The van der Waals surface area contributed by atoms with Gasteiger partial charge in [-0.15, -0.1) is 5.70 Å². The molecule has 2 N–H and O–H groups in total. The molecule has 0 radical (unpaired) electrons. The van der Waals surface area contributed by atoms with Crippen LogP contribution in [0, 0.1) is 33.6 Å². The Morgan fingerprint density at radius 3 is 2.11 bits per heavy atom. The summed E-state index contributed by atoms with van der Waals surface area (Å²) in [4.78, 5) is 13.8. The van der Waals surface area contributed by atoms with Gasteiger partial charge in [-0.3, -0.25) is 0 Å². The molecule has 8 nitrogen and oxygen atoms in total. The summed E-state index contributed by atoms with van der Waals surface area (Å²) in [5, 5.41) is 17.3. The topological polar surface area (TPSA) is 86.7 Å². The third kappa shape index (κ3) is 9.48. The van der Waals surface area contributed by atoms with E-state index in [4.69, 9.17) is 33.5 Å². The number of hydrogen-bond acceptors (Lipinski definition) is 5. The molecule has 6 heterocycles. The molecular formula is C54H60Cl2N8. The lowest BCUT2D eigenvalue weighted by atomic mass is 9.81. The third-order valence-corrected chi connectivity index (χ3v) is 14.4. The second-order valence-electron chi connectivity index (χ2n) is 17.9. The Balaban J connectivity index is 0.000000162. The van der Waals surface area contributed by atoms with Gasteiger partial charge in [-0.05, 0) is 169 Å². The zero-order chi connectivity index (χ0) is 44.2. The van der Waals surface area contributed by atoms with Gasteiger partial charge in [0.2, 0.25) is 0 Å². The lowest BCUT2D eigenvalue weighted by Crippen LogP contribution is -2.28. The Kier molecular flexibility index (Phi) is 13.7. The van der Waals surface area contributed by atoms with Crippen LogP contribution in [0.4, 0.5) is 0 Å². The Morgan fingerprint density at radius 2 is 1.42 bits per heavy atom. The van der Waals surface area contributed by atoms with E-state index in [1.54, 1.807) is 0 Å². The van der Waals surface area contributed by atoms with Crippen LogP contribution in [-0.2, 0) is 19.5 Å². The summed E-state index contributed by atoms with van der Waals surface area (Å²) in [5.74, 6) is 1.02. The maximum absolute atomic E-state index is 6.52. The minimum absolute atomic E-state index is 0.508. The van der Waals surface area contributed by atoms with Crippen LogP contribution in [0.25, 0.3) is 38.1 Å². The number of allylic oxidation sites excluding steroid dienone is 5. The van der Waals surface area contributed by atoms with Crippen molar-refractivity contribution in [2.75, 3.05) is 26.2 Å².